The smallest absolute Gasteiger partial charge is 0.399 e. The van der Waals surface area contributed by atoms with Crippen molar-refractivity contribution in [3.8, 4) is 0 Å². The molecule has 8 heteroatoms. The van der Waals surface area contributed by atoms with Gasteiger partial charge in [-0.2, -0.15) is 0 Å². The van der Waals surface area contributed by atoms with Gasteiger partial charge in [0.1, 0.15) is 10.3 Å². The van der Waals surface area contributed by atoms with Gasteiger partial charge in [0.05, 0.1) is 16.1 Å². The molecular formula is C13H16BBrFNO4. The topological polar surface area (TPSA) is 61.6 Å². The number of benzene rings is 1. The van der Waals surface area contributed by atoms with Gasteiger partial charge in [-0.3, -0.25) is 10.1 Å². The molecular weight excluding hydrogens is 344 g/mol. The zero-order chi connectivity index (χ0) is 16.2. The van der Waals surface area contributed by atoms with Gasteiger partial charge in [0, 0.05) is 17.1 Å². The van der Waals surface area contributed by atoms with Gasteiger partial charge in [-0.25, -0.2) is 4.39 Å². The number of hydrogen-bond donors (Lipinski definition) is 0. The van der Waals surface area contributed by atoms with Gasteiger partial charge < -0.3 is 9.31 Å². The third-order valence-corrected chi connectivity index (χ3v) is 5.13. The van der Waals surface area contributed by atoms with Crippen molar-refractivity contribution in [3.05, 3.63) is 32.0 Å². The molecule has 1 aromatic rings. The van der Waals surface area contributed by atoms with Gasteiger partial charge in [0.2, 0.25) is 0 Å². The van der Waals surface area contributed by atoms with Gasteiger partial charge in [0.15, 0.2) is 0 Å². The molecule has 2 rings (SSSR count). The number of halogens is 2. The number of nitrogens with zero attached hydrogens (tertiary/aromatic N) is 1. The van der Waals surface area contributed by atoms with Crippen molar-refractivity contribution in [3.63, 3.8) is 0 Å². The van der Waals surface area contributed by atoms with Crippen LogP contribution in [0.4, 0.5) is 10.1 Å². The highest BCUT2D eigenvalue weighted by atomic mass is 79.9. The zero-order valence-electron chi connectivity index (χ0n) is 12.5. The molecule has 0 aliphatic carbocycles. The average molecular weight is 360 g/mol. The predicted molar refractivity (Wildman–Crippen MR) is 81.2 cm³/mol. The van der Waals surface area contributed by atoms with E-state index in [9.17, 15) is 14.5 Å². The highest BCUT2D eigenvalue weighted by molar-refractivity contribution is 9.10. The van der Waals surface area contributed by atoms with Crippen LogP contribution in [0.5, 0.6) is 0 Å². The standard InChI is InChI=1S/C13H16BBrFNO4/c1-7-10(15)9(17(18)19)6-8(11(7)16)14-20-12(2,3)13(4,5)21-14/h6H,1-5H3. The van der Waals surface area contributed by atoms with Crippen molar-refractivity contribution in [1.29, 1.82) is 0 Å². The van der Waals surface area contributed by atoms with E-state index in [4.69, 9.17) is 9.31 Å². The Bertz CT molecular complexity index is 605. The summed E-state index contributed by atoms with van der Waals surface area (Å²) < 4.78 is 26.1. The minimum atomic E-state index is -0.972. The second-order valence-corrected chi connectivity index (χ2v) is 6.88. The minimum absolute atomic E-state index is 0.0426. The molecule has 0 bridgehead atoms. The van der Waals surface area contributed by atoms with E-state index in [-0.39, 0.29) is 21.2 Å². The van der Waals surface area contributed by atoms with Crippen molar-refractivity contribution < 1.29 is 18.6 Å². The Morgan fingerprint density at radius 1 is 1.29 bits per heavy atom. The first kappa shape index (κ1) is 16.4. The Balaban J connectivity index is 2.54. The lowest BCUT2D eigenvalue weighted by Crippen LogP contribution is -2.41. The molecule has 0 aromatic heterocycles. The van der Waals surface area contributed by atoms with Crippen LogP contribution in [0.25, 0.3) is 0 Å². The first-order chi connectivity index (χ1) is 9.48. The molecule has 1 aliphatic heterocycles. The fraction of sp³-hybridized carbons (Fsp3) is 0.538. The van der Waals surface area contributed by atoms with E-state index in [1.165, 1.54) is 6.92 Å². The predicted octanol–water partition coefficient (Wildman–Crippen LogP) is 3.10. The maximum Gasteiger partial charge on any atom is 0.498 e. The molecule has 0 saturated carbocycles. The maximum absolute atomic E-state index is 14.4. The first-order valence-corrected chi connectivity index (χ1v) is 7.26. The summed E-state index contributed by atoms with van der Waals surface area (Å²) in [6.45, 7) is 8.83. The summed E-state index contributed by atoms with van der Waals surface area (Å²) in [7, 11) is -0.972. The second kappa shape index (κ2) is 5.03. The highest BCUT2D eigenvalue weighted by Crippen LogP contribution is 2.38. The van der Waals surface area contributed by atoms with Crippen molar-refractivity contribution in [2.45, 2.75) is 45.8 Å². The molecule has 0 spiro atoms. The van der Waals surface area contributed by atoms with Gasteiger partial charge >= 0.3 is 7.12 Å². The van der Waals surface area contributed by atoms with Crippen LogP contribution in [0, 0.1) is 22.9 Å². The van der Waals surface area contributed by atoms with E-state index in [0.29, 0.717) is 0 Å². The summed E-state index contributed by atoms with van der Waals surface area (Å²) in [5.74, 6) is -0.564. The lowest BCUT2D eigenvalue weighted by Gasteiger charge is -2.32. The number of hydrogen-bond acceptors (Lipinski definition) is 4. The van der Waals surface area contributed by atoms with Crippen LogP contribution in [0.3, 0.4) is 0 Å². The summed E-state index contributed by atoms with van der Waals surface area (Å²) in [6.07, 6.45) is 0. The highest BCUT2D eigenvalue weighted by Gasteiger charge is 2.53. The van der Waals surface area contributed by atoms with E-state index < -0.39 is 29.1 Å². The Hall–Kier alpha value is -0.985. The van der Waals surface area contributed by atoms with E-state index in [0.717, 1.165) is 6.07 Å². The molecule has 1 heterocycles. The SMILES string of the molecule is Cc1c(F)c(B2OC(C)(C)C(C)(C)O2)cc([N+](=O)[O-])c1Br. The zero-order valence-corrected chi connectivity index (χ0v) is 14.1. The molecule has 0 atom stereocenters. The van der Waals surface area contributed by atoms with Gasteiger partial charge in [0.25, 0.3) is 5.69 Å². The minimum Gasteiger partial charge on any atom is -0.399 e. The lowest BCUT2D eigenvalue weighted by molar-refractivity contribution is -0.385. The summed E-state index contributed by atoms with van der Waals surface area (Å²) >= 11 is 3.06. The average Bonchev–Trinajstić information content (AvgIpc) is 2.55. The molecule has 1 fully saturated rings. The van der Waals surface area contributed by atoms with Crippen LogP contribution < -0.4 is 5.46 Å². The molecule has 1 saturated heterocycles. The van der Waals surface area contributed by atoms with E-state index in [1.54, 1.807) is 0 Å². The van der Waals surface area contributed by atoms with Crippen LogP contribution in [-0.4, -0.2) is 23.2 Å². The van der Waals surface area contributed by atoms with Crippen LogP contribution in [0.1, 0.15) is 33.3 Å². The maximum atomic E-state index is 14.4. The second-order valence-electron chi connectivity index (χ2n) is 6.08. The van der Waals surface area contributed by atoms with Crippen LogP contribution >= 0.6 is 15.9 Å². The Morgan fingerprint density at radius 2 is 1.76 bits per heavy atom. The Kier molecular flexibility index (Phi) is 3.93. The van der Waals surface area contributed by atoms with E-state index >= 15 is 0 Å². The molecule has 0 unspecified atom stereocenters. The first-order valence-electron chi connectivity index (χ1n) is 6.46. The van der Waals surface area contributed by atoms with Gasteiger partial charge in [-0.05, 0) is 50.5 Å². The third-order valence-electron chi connectivity index (χ3n) is 4.13. The van der Waals surface area contributed by atoms with Crippen molar-refractivity contribution in [1.82, 2.24) is 0 Å². The normalized spacial score (nSPS) is 19.9. The van der Waals surface area contributed by atoms with Crippen molar-refractivity contribution in [2.75, 3.05) is 0 Å². The fourth-order valence-electron chi connectivity index (χ4n) is 2.05. The summed E-state index contributed by atoms with van der Waals surface area (Å²) in [4.78, 5) is 10.5. The fourth-order valence-corrected chi connectivity index (χ4v) is 2.49. The number of nitro benzene ring substituents is 1. The van der Waals surface area contributed by atoms with Crippen LogP contribution in [0.15, 0.2) is 10.5 Å². The monoisotopic (exact) mass is 359 g/mol. The van der Waals surface area contributed by atoms with Gasteiger partial charge in [-0.15, -0.1) is 0 Å². The molecule has 1 aromatic carbocycles. The van der Waals surface area contributed by atoms with E-state index in [2.05, 4.69) is 15.9 Å². The molecule has 1 aliphatic rings. The lowest BCUT2D eigenvalue weighted by atomic mass is 9.77. The quantitative estimate of drug-likeness (QED) is 0.462. The molecule has 0 radical (unpaired) electrons. The summed E-state index contributed by atoms with van der Waals surface area (Å²) in [6, 6.07) is 1.16. The Morgan fingerprint density at radius 3 is 2.19 bits per heavy atom. The molecule has 5 nitrogen and oxygen atoms in total. The van der Waals surface area contributed by atoms with Crippen LogP contribution in [-0.2, 0) is 9.31 Å². The van der Waals surface area contributed by atoms with Gasteiger partial charge in [-0.1, -0.05) is 0 Å². The van der Waals surface area contributed by atoms with E-state index in [1.807, 2.05) is 27.7 Å². The summed E-state index contributed by atoms with van der Waals surface area (Å²) in [5, 5.41) is 11.1. The number of rotatable bonds is 2. The largest absolute Gasteiger partial charge is 0.498 e. The Labute approximate surface area is 131 Å². The molecule has 0 amide bonds. The third kappa shape index (κ3) is 2.60. The van der Waals surface area contributed by atoms with Crippen LogP contribution in [0.2, 0.25) is 0 Å². The number of nitro groups is 1. The molecule has 0 N–H and O–H groups in total. The summed E-state index contributed by atoms with van der Waals surface area (Å²) in [5.41, 5.74) is -1.28. The molecule has 21 heavy (non-hydrogen) atoms. The van der Waals surface area contributed by atoms with Crippen molar-refractivity contribution in [2.24, 2.45) is 0 Å². The van der Waals surface area contributed by atoms with Crippen molar-refractivity contribution >= 4 is 34.2 Å². The molecule has 114 valence electrons.